The zero-order valence-corrected chi connectivity index (χ0v) is 6.61. The minimum absolute atomic E-state index is 0.489. The third-order valence-electron chi connectivity index (χ3n) is 2.97. The summed E-state index contributed by atoms with van der Waals surface area (Å²) in [6.07, 6.45) is 2.68. The fourth-order valence-electron chi connectivity index (χ4n) is 1.78. The molecule has 3 heteroatoms. The van der Waals surface area contributed by atoms with Crippen LogP contribution in [0.25, 0.3) is 0 Å². The lowest BCUT2D eigenvalue weighted by Crippen LogP contribution is -2.50. The van der Waals surface area contributed by atoms with Crippen molar-refractivity contribution in [3.8, 4) is 0 Å². The Morgan fingerprint density at radius 3 is 2.09 bits per heavy atom. The van der Waals surface area contributed by atoms with Gasteiger partial charge in [0.1, 0.15) is 5.67 Å². The summed E-state index contributed by atoms with van der Waals surface area (Å²) in [7, 11) is 0. The normalized spacial score (nSPS) is 33.3. The SMILES string of the molecule is NC1(C2(F)CCOCC2)CC1. The number of rotatable bonds is 1. The van der Waals surface area contributed by atoms with Crippen LogP contribution in [-0.4, -0.2) is 24.4 Å². The molecule has 0 unspecified atom stereocenters. The summed E-state index contributed by atoms with van der Waals surface area (Å²) in [6, 6.07) is 0. The van der Waals surface area contributed by atoms with Crippen molar-refractivity contribution in [1.82, 2.24) is 0 Å². The predicted octanol–water partition coefficient (Wildman–Crippen LogP) is 0.996. The second-order valence-corrected chi connectivity index (χ2v) is 3.73. The molecule has 1 saturated carbocycles. The average Bonchev–Trinajstić information content (AvgIpc) is 2.71. The monoisotopic (exact) mass is 159 g/mol. The molecule has 2 fully saturated rings. The van der Waals surface area contributed by atoms with Gasteiger partial charge in [0.05, 0.1) is 5.54 Å². The van der Waals surface area contributed by atoms with Crippen LogP contribution in [0.3, 0.4) is 0 Å². The van der Waals surface area contributed by atoms with Gasteiger partial charge < -0.3 is 10.5 Å². The molecule has 0 bridgehead atoms. The first-order chi connectivity index (χ1) is 5.16. The third kappa shape index (κ3) is 1.07. The summed E-state index contributed by atoms with van der Waals surface area (Å²) < 4.78 is 19.0. The van der Waals surface area contributed by atoms with E-state index in [9.17, 15) is 4.39 Å². The maximum absolute atomic E-state index is 13.9. The zero-order valence-electron chi connectivity index (χ0n) is 6.61. The van der Waals surface area contributed by atoms with E-state index in [1.54, 1.807) is 0 Å². The molecule has 2 N–H and O–H groups in total. The lowest BCUT2D eigenvalue weighted by molar-refractivity contribution is -0.0288. The largest absolute Gasteiger partial charge is 0.381 e. The topological polar surface area (TPSA) is 35.2 Å². The van der Waals surface area contributed by atoms with Gasteiger partial charge in [-0.2, -0.15) is 0 Å². The van der Waals surface area contributed by atoms with Gasteiger partial charge in [0.15, 0.2) is 0 Å². The maximum atomic E-state index is 13.9. The van der Waals surface area contributed by atoms with Gasteiger partial charge in [-0.25, -0.2) is 4.39 Å². The molecule has 0 aromatic rings. The van der Waals surface area contributed by atoms with E-state index >= 15 is 0 Å². The molecule has 1 heterocycles. The van der Waals surface area contributed by atoms with E-state index in [1.807, 2.05) is 0 Å². The Morgan fingerprint density at radius 1 is 1.09 bits per heavy atom. The molecule has 0 radical (unpaired) electrons. The van der Waals surface area contributed by atoms with Crippen LogP contribution in [0.4, 0.5) is 4.39 Å². The van der Waals surface area contributed by atoms with E-state index in [0.717, 1.165) is 12.8 Å². The highest BCUT2D eigenvalue weighted by Gasteiger charge is 2.57. The van der Waals surface area contributed by atoms with Crippen molar-refractivity contribution in [3.63, 3.8) is 0 Å². The standard InChI is InChI=1S/C8H14FNO/c9-7(8(10)1-2-8)3-5-11-6-4-7/h1-6,10H2. The summed E-state index contributed by atoms with van der Waals surface area (Å²) in [5.41, 5.74) is 4.22. The number of halogens is 1. The van der Waals surface area contributed by atoms with Crippen molar-refractivity contribution in [2.75, 3.05) is 13.2 Å². The van der Waals surface area contributed by atoms with Crippen LogP contribution in [-0.2, 0) is 4.74 Å². The van der Waals surface area contributed by atoms with Crippen molar-refractivity contribution in [3.05, 3.63) is 0 Å². The van der Waals surface area contributed by atoms with Gasteiger partial charge in [0, 0.05) is 26.1 Å². The molecule has 0 atom stereocenters. The van der Waals surface area contributed by atoms with E-state index in [1.165, 1.54) is 0 Å². The van der Waals surface area contributed by atoms with Crippen LogP contribution >= 0.6 is 0 Å². The van der Waals surface area contributed by atoms with Crippen molar-refractivity contribution in [1.29, 1.82) is 0 Å². The van der Waals surface area contributed by atoms with E-state index in [-0.39, 0.29) is 0 Å². The smallest absolute Gasteiger partial charge is 0.133 e. The van der Waals surface area contributed by atoms with Crippen LogP contribution in [0.5, 0.6) is 0 Å². The van der Waals surface area contributed by atoms with Crippen molar-refractivity contribution in [2.24, 2.45) is 5.73 Å². The first-order valence-corrected chi connectivity index (χ1v) is 4.22. The molecule has 0 amide bonds. The Morgan fingerprint density at radius 2 is 1.64 bits per heavy atom. The molecule has 1 aliphatic heterocycles. The first-order valence-electron chi connectivity index (χ1n) is 4.22. The van der Waals surface area contributed by atoms with E-state index in [2.05, 4.69) is 0 Å². The number of alkyl halides is 1. The number of hydrogen-bond acceptors (Lipinski definition) is 2. The number of nitrogens with two attached hydrogens (primary N) is 1. The van der Waals surface area contributed by atoms with E-state index in [0.29, 0.717) is 26.1 Å². The Hall–Kier alpha value is -0.150. The van der Waals surface area contributed by atoms with Gasteiger partial charge in [0.25, 0.3) is 0 Å². The molecular formula is C8H14FNO. The lowest BCUT2D eigenvalue weighted by Gasteiger charge is -2.34. The maximum Gasteiger partial charge on any atom is 0.133 e. The third-order valence-corrected chi connectivity index (χ3v) is 2.97. The Balaban J connectivity index is 2.07. The van der Waals surface area contributed by atoms with Gasteiger partial charge in [0.2, 0.25) is 0 Å². The van der Waals surface area contributed by atoms with Crippen LogP contribution in [0.1, 0.15) is 25.7 Å². The molecule has 2 nitrogen and oxygen atoms in total. The Bertz CT molecular complexity index is 161. The minimum atomic E-state index is -1.12. The molecule has 11 heavy (non-hydrogen) atoms. The van der Waals surface area contributed by atoms with Crippen molar-refractivity contribution in [2.45, 2.75) is 36.9 Å². The zero-order chi connectivity index (χ0) is 7.95. The summed E-state index contributed by atoms with van der Waals surface area (Å²) in [5, 5.41) is 0. The fourth-order valence-corrected chi connectivity index (χ4v) is 1.78. The molecule has 64 valence electrons. The van der Waals surface area contributed by atoms with Crippen molar-refractivity contribution >= 4 is 0 Å². The van der Waals surface area contributed by atoms with Crippen LogP contribution < -0.4 is 5.73 Å². The molecule has 2 aliphatic rings. The van der Waals surface area contributed by atoms with Gasteiger partial charge in [-0.1, -0.05) is 0 Å². The van der Waals surface area contributed by atoms with Gasteiger partial charge >= 0.3 is 0 Å². The van der Waals surface area contributed by atoms with E-state index in [4.69, 9.17) is 10.5 Å². The quantitative estimate of drug-likeness (QED) is 0.619. The highest BCUT2D eigenvalue weighted by molar-refractivity contribution is 5.14. The Labute approximate surface area is 65.9 Å². The Kier molecular flexibility index (Phi) is 1.48. The second kappa shape index (κ2) is 2.17. The molecule has 1 saturated heterocycles. The number of ether oxygens (including phenoxy) is 1. The fraction of sp³-hybridized carbons (Fsp3) is 1.00. The lowest BCUT2D eigenvalue weighted by atomic mass is 9.86. The van der Waals surface area contributed by atoms with Gasteiger partial charge in [-0.15, -0.1) is 0 Å². The summed E-state index contributed by atoms with van der Waals surface area (Å²) in [6.45, 7) is 1.07. The molecule has 0 aromatic carbocycles. The molecule has 0 spiro atoms. The average molecular weight is 159 g/mol. The molecular weight excluding hydrogens is 145 g/mol. The van der Waals surface area contributed by atoms with Crippen LogP contribution in [0.15, 0.2) is 0 Å². The molecule has 1 aliphatic carbocycles. The van der Waals surface area contributed by atoms with Crippen molar-refractivity contribution < 1.29 is 9.13 Å². The second-order valence-electron chi connectivity index (χ2n) is 3.73. The highest BCUT2D eigenvalue weighted by Crippen LogP contribution is 2.49. The first kappa shape index (κ1) is 7.50. The highest BCUT2D eigenvalue weighted by atomic mass is 19.1. The minimum Gasteiger partial charge on any atom is -0.381 e. The van der Waals surface area contributed by atoms with E-state index < -0.39 is 11.2 Å². The molecule has 2 rings (SSSR count). The summed E-state index contributed by atoms with van der Waals surface area (Å²) >= 11 is 0. The summed E-state index contributed by atoms with van der Waals surface area (Å²) in [5.74, 6) is 0. The van der Waals surface area contributed by atoms with Gasteiger partial charge in [-0.3, -0.25) is 0 Å². The predicted molar refractivity (Wildman–Crippen MR) is 40.0 cm³/mol. The van der Waals surface area contributed by atoms with Crippen LogP contribution in [0.2, 0.25) is 0 Å². The number of hydrogen-bond donors (Lipinski definition) is 1. The summed E-state index contributed by atoms with van der Waals surface area (Å²) in [4.78, 5) is 0. The van der Waals surface area contributed by atoms with Crippen LogP contribution in [0, 0.1) is 0 Å². The van der Waals surface area contributed by atoms with Gasteiger partial charge in [-0.05, 0) is 12.8 Å². The molecule has 0 aromatic heterocycles.